The fourth-order valence-electron chi connectivity index (χ4n) is 1.28. The molecule has 6 nitrogen and oxygen atoms in total. The zero-order valence-electron chi connectivity index (χ0n) is 8.60. The van der Waals surface area contributed by atoms with E-state index in [1.165, 1.54) is 0 Å². The summed E-state index contributed by atoms with van der Waals surface area (Å²) in [5.41, 5.74) is -1.72. The van der Waals surface area contributed by atoms with Crippen molar-refractivity contribution in [3.63, 3.8) is 0 Å². The topological polar surface area (TPSA) is 89.7 Å². The van der Waals surface area contributed by atoms with Crippen molar-refractivity contribution in [2.24, 2.45) is 0 Å². The lowest BCUT2D eigenvalue weighted by atomic mass is 10.1. The molecule has 1 N–H and O–H groups in total. The first-order valence-electron chi connectivity index (χ1n) is 4.45. The van der Waals surface area contributed by atoms with Crippen molar-refractivity contribution < 1.29 is 32.7 Å². The highest BCUT2D eigenvalue weighted by Gasteiger charge is 2.28. The van der Waals surface area contributed by atoms with E-state index >= 15 is 0 Å². The largest absolute Gasteiger partial charge is 0.481 e. The summed E-state index contributed by atoms with van der Waals surface area (Å²) in [7, 11) is 0. The van der Waals surface area contributed by atoms with Crippen LogP contribution in [0.25, 0.3) is 0 Å². The Balaban J connectivity index is 3.38. The van der Waals surface area contributed by atoms with E-state index in [0.29, 0.717) is 6.07 Å². The number of halogens is 3. The van der Waals surface area contributed by atoms with Crippen molar-refractivity contribution in [1.29, 1.82) is 0 Å². The normalized spacial score (nSPS) is 10.4. The van der Waals surface area contributed by atoms with Gasteiger partial charge in [-0.25, -0.2) is 0 Å². The van der Waals surface area contributed by atoms with Crippen molar-refractivity contribution in [1.82, 2.24) is 0 Å². The van der Waals surface area contributed by atoms with E-state index in [0.717, 1.165) is 6.07 Å². The lowest BCUT2D eigenvalue weighted by Crippen LogP contribution is -2.10. The van der Waals surface area contributed by atoms with E-state index in [9.17, 15) is 28.1 Å². The molecule has 0 aliphatic carbocycles. The van der Waals surface area contributed by atoms with Crippen molar-refractivity contribution >= 4 is 11.7 Å². The number of hydrogen-bond donors (Lipinski definition) is 1. The molecule has 9 heteroatoms. The molecule has 0 unspecified atom stereocenters. The van der Waals surface area contributed by atoms with Gasteiger partial charge >= 0.3 is 18.3 Å². The minimum Gasteiger partial charge on any atom is -0.481 e. The number of nitro groups is 1. The van der Waals surface area contributed by atoms with Gasteiger partial charge in [0, 0.05) is 5.56 Å². The number of carboxylic acids is 1. The van der Waals surface area contributed by atoms with E-state index in [4.69, 9.17) is 5.11 Å². The lowest BCUT2D eigenvalue weighted by molar-refractivity contribution is -0.389. The van der Waals surface area contributed by atoms with Gasteiger partial charge in [-0.15, -0.1) is 0 Å². The van der Waals surface area contributed by atoms with Crippen molar-refractivity contribution in [2.75, 3.05) is 0 Å². The lowest BCUT2D eigenvalue weighted by Gasteiger charge is -2.10. The fourth-order valence-corrected chi connectivity index (χ4v) is 1.28. The highest BCUT2D eigenvalue weighted by molar-refractivity contribution is 5.72. The van der Waals surface area contributed by atoms with E-state index < -0.39 is 46.7 Å². The van der Waals surface area contributed by atoms with Crippen LogP contribution in [0.15, 0.2) is 12.1 Å². The van der Waals surface area contributed by atoms with E-state index in [2.05, 4.69) is 4.74 Å². The van der Waals surface area contributed by atoms with Crippen LogP contribution in [0.3, 0.4) is 0 Å². The van der Waals surface area contributed by atoms with Crippen LogP contribution in [0.1, 0.15) is 5.56 Å². The maximum atomic E-state index is 13.2. The van der Waals surface area contributed by atoms with Crippen molar-refractivity contribution in [2.45, 2.75) is 13.0 Å². The second-order valence-corrected chi connectivity index (χ2v) is 3.09. The van der Waals surface area contributed by atoms with Crippen molar-refractivity contribution in [3.05, 3.63) is 33.6 Å². The average molecular weight is 265 g/mol. The number of benzene rings is 1. The molecule has 0 heterocycles. The Bertz CT molecular complexity index is 491. The van der Waals surface area contributed by atoms with Gasteiger partial charge in [-0.05, 0) is 6.07 Å². The molecule has 0 aromatic heterocycles. The summed E-state index contributed by atoms with van der Waals surface area (Å²) < 4.78 is 41.2. The minimum absolute atomic E-state index is 0.407. The Morgan fingerprint density at radius 3 is 2.56 bits per heavy atom. The fraction of sp³-hybridized carbons (Fsp3) is 0.222. The summed E-state index contributed by atoms with van der Waals surface area (Å²) in [4.78, 5) is 19.8. The number of aliphatic carboxylic acids is 1. The second kappa shape index (κ2) is 5.34. The highest BCUT2D eigenvalue weighted by atomic mass is 19.3. The zero-order valence-corrected chi connectivity index (χ0v) is 8.60. The third-order valence-electron chi connectivity index (χ3n) is 1.89. The number of nitrogens with zero attached hydrogens (tertiary/aromatic N) is 1. The third-order valence-corrected chi connectivity index (χ3v) is 1.89. The number of ether oxygens (including phenoxy) is 1. The van der Waals surface area contributed by atoms with E-state index in [1.807, 2.05) is 0 Å². The third kappa shape index (κ3) is 3.09. The van der Waals surface area contributed by atoms with Crippen LogP contribution in [0.2, 0.25) is 0 Å². The van der Waals surface area contributed by atoms with Crippen LogP contribution in [0, 0.1) is 15.9 Å². The van der Waals surface area contributed by atoms with Gasteiger partial charge in [0.05, 0.1) is 11.3 Å². The molecule has 0 saturated heterocycles. The first kappa shape index (κ1) is 13.7. The number of rotatable bonds is 5. The summed E-state index contributed by atoms with van der Waals surface area (Å²) in [6.45, 7) is -3.43. The molecule has 1 rings (SSSR count). The highest BCUT2D eigenvalue weighted by Crippen LogP contribution is 2.35. The number of carbonyl (C=O) groups is 1. The van der Waals surface area contributed by atoms with Gasteiger partial charge in [0.1, 0.15) is 0 Å². The standard InChI is InChI=1S/C9H6F3NO5/c10-5-2-1-4(3-6(14)15)8(18-9(11)12)7(5)13(16)17/h1-2,9H,3H2,(H,14,15). The molecule has 18 heavy (non-hydrogen) atoms. The molecule has 0 aliphatic heterocycles. The van der Waals surface area contributed by atoms with Crippen LogP contribution in [0.4, 0.5) is 18.9 Å². The summed E-state index contributed by atoms with van der Waals surface area (Å²) >= 11 is 0. The molecule has 1 aromatic rings. The summed E-state index contributed by atoms with van der Waals surface area (Å²) in [6, 6.07) is 1.46. The van der Waals surface area contributed by atoms with Gasteiger partial charge in [-0.1, -0.05) is 6.07 Å². The number of nitro benzene ring substituents is 1. The predicted molar refractivity (Wildman–Crippen MR) is 51.0 cm³/mol. The second-order valence-electron chi connectivity index (χ2n) is 3.09. The Kier molecular flexibility index (Phi) is 4.08. The van der Waals surface area contributed by atoms with Gasteiger partial charge < -0.3 is 9.84 Å². The molecule has 0 aliphatic rings. The molecule has 0 atom stereocenters. The van der Waals surface area contributed by atoms with Gasteiger partial charge in [-0.3, -0.25) is 14.9 Å². The van der Waals surface area contributed by atoms with E-state index in [-0.39, 0.29) is 0 Å². The monoisotopic (exact) mass is 265 g/mol. The first-order valence-corrected chi connectivity index (χ1v) is 4.45. The molecule has 1 aromatic carbocycles. The van der Waals surface area contributed by atoms with Gasteiger partial charge in [0.25, 0.3) is 0 Å². The van der Waals surface area contributed by atoms with Crippen LogP contribution < -0.4 is 4.74 Å². The molecule has 0 fully saturated rings. The quantitative estimate of drug-likeness (QED) is 0.649. The van der Waals surface area contributed by atoms with Gasteiger partial charge in [0.15, 0.2) is 0 Å². The molecular formula is C9H6F3NO5. The van der Waals surface area contributed by atoms with Gasteiger partial charge in [-0.2, -0.15) is 13.2 Å². The molecular weight excluding hydrogens is 259 g/mol. The molecule has 0 amide bonds. The molecule has 98 valence electrons. The zero-order chi connectivity index (χ0) is 13.9. The smallest absolute Gasteiger partial charge is 0.387 e. The summed E-state index contributed by atoms with van der Waals surface area (Å²) in [6.07, 6.45) is -0.802. The summed E-state index contributed by atoms with van der Waals surface area (Å²) in [5.74, 6) is -3.88. The summed E-state index contributed by atoms with van der Waals surface area (Å²) in [5, 5.41) is 19.1. The number of carboxylic acid groups (broad SMARTS) is 1. The van der Waals surface area contributed by atoms with E-state index in [1.54, 1.807) is 0 Å². The first-order chi connectivity index (χ1) is 8.32. The Morgan fingerprint density at radius 1 is 1.50 bits per heavy atom. The number of hydrogen-bond acceptors (Lipinski definition) is 4. The Labute approximate surface area is 97.7 Å². The van der Waals surface area contributed by atoms with Gasteiger partial charge in [0.2, 0.25) is 11.6 Å². The molecule has 0 spiro atoms. The maximum absolute atomic E-state index is 13.2. The predicted octanol–water partition coefficient (Wildman–Crippen LogP) is 1.96. The van der Waals surface area contributed by atoms with Crippen molar-refractivity contribution in [3.8, 4) is 5.75 Å². The Morgan fingerprint density at radius 2 is 2.11 bits per heavy atom. The Hall–Kier alpha value is -2.32. The van der Waals surface area contributed by atoms with Crippen LogP contribution in [-0.4, -0.2) is 22.6 Å². The SMILES string of the molecule is O=C(O)Cc1ccc(F)c([N+](=O)[O-])c1OC(F)F. The van der Waals surface area contributed by atoms with Crippen LogP contribution in [0.5, 0.6) is 5.75 Å². The van der Waals surface area contributed by atoms with Crippen LogP contribution in [-0.2, 0) is 11.2 Å². The minimum atomic E-state index is -3.43. The average Bonchev–Trinajstić information content (AvgIpc) is 2.20. The maximum Gasteiger partial charge on any atom is 0.387 e. The number of alkyl halides is 2. The van der Waals surface area contributed by atoms with Crippen LogP contribution >= 0.6 is 0 Å². The molecule has 0 radical (unpaired) electrons. The molecule has 0 bridgehead atoms. The molecule has 0 saturated carbocycles.